The van der Waals surface area contributed by atoms with Crippen LogP contribution in [0.2, 0.25) is 0 Å². The minimum absolute atomic E-state index is 0.0533. The van der Waals surface area contributed by atoms with Gasteiger partial charge in [0.2, 0.25) is 5.95 Å². The molecular formula is C23H25F3N4O. The fourth-order valence-electron chi connectivity index (χ4n) is 2.77. The first-order valence-electron chi connectivity index (χ1n) is 10.1. The highest BCUT2D eigenvalue weighted by atomic mass is 19.4. The average Bonchev–Trinajstić information content (AvgIpc) is 2.75. The van der Waals surface area contributed by atoms with Gasteiger partial charge in [-0.25, -0.2) is 4.98 Å². The molecule has 1 heterocycles. The van der Waals surface area contributed by atoms with Crippen LogP contribution in [0.25, 0.3) is 0 Å². The van der Waals surface area contributed by atoms with Crippen molar-refractivity contribution in [2.24, 2.45) is 0 Å². The number of nitrogens with one attached hydrogen (secondary N) is 2. The van der Waals surface area contributed by atoms with Gasteiger partial charge in [-0.2, -0.15) is 18.2 Å². The predicted molar refractivity (Wildman–Crippen MR) is 116 cm³/mol. The lowest BCUT2D eigenvalue weighted by atomic mass is 10.1. The summed E-state index contributed by atoms with van der Waals surface area (Å²) in [7, 11) is 0. The van der Waals surface area contributed by atoms with Gasteiger partial charge in [0.1, 0.15) is 17.1 Å². The number of alkyl halides is 3. The van der Waals surface area contributed by atoms with Crippen molar-refractivity contribution in [2.45, 2.75) is 45.9 Å². The first kappa shape index (κ1) is 22.4. The van der Waals surface area contributed by atoms with Gasteiger partial charge < -0.3 is 15.4 Å². The van der Waals surface area contributed by atoms with E-state index in [2.05, 4.69) is 20.6 Å². The van der Waals surface area contributed by atoms with Gasteiger partial charge in [-0.05, 0) is 61.7 Å². The van der Waals surface area contributed by atoms with E-state index in [4.69, 9.17) is 4.74 Å². The van der Waals surface area contributed by atoms with Gasteiger partial charge in [0.05, 0.1) is 6.10 Å². The number of anilines is 4. The van der Waals surface area contributed by atoms with E-state index >= 15 is 0 Å². The third-order valence-corrected chi connectivity index (χ3v) is 4.74. The van der Waals surface area contributed by atoms with Crippen LogP contribution in [0.4, 0.5) is 36.3 Å². The van der Waals surface area contributed by atoms with Crippen molar-refractivity contribution < 1.29 is 17.9 Å². The van der Waals surface area contributed by atoms with Crippen molar-refractivity contribution in [3.8, 4) is 5.75 Å². The third-order valence-electron chi connectivity index (χ3n) is 4.74. The summed E-state index contributed by atoms with van der Waals surface area (Å²) in [6, 6.07) is 14.3. The van der Waals surface area contributed by atoms with Gasteiger partial charge in [-0.3, -0.25) is 0 Å². The molecule has 8 heteroatoms. The molecular weight excluding hydrogens is 405 g/mol. The molecule has 0 saturated carbocycles. The van der Waals surface area contributed by atoms with Crippen molar-refractivity contribution in [1.29, 1.82) is 0 Å². The molecule has 2 aromatic carbocycles. The van der Waals surface area contributed by atoms with E-state index in [0.717, 1.165) is 24.6 Å². The largest absolute Gasteiger partial charge is 0.491 e. The van der Waals surface area contributed by atoms with E-state index < -0.39 is 11.7 Å². The molecule has 164 valence electrons. The molecule has 2 N–H and O–H groups in total. The van der Waals surface area contributed by atoms with Crippen LogP contribution in [0.15, 0.2) is 54.7 Å². The number of aromatic nitrogens is 2. The Balaban J connectivity index is 1.83. The Kier molecular flexibility index (Phi) is 6.99. The minimum atomic E-state index is -4.59. The average molecular weight is 430 g/mol. The number of nitrogens with zero attached hydrogens (tertiary/aromatic N) is 2. The van der Waals surface area contributed by atoms with Crippen LogP contribution in [0.3, 0.4) is 0 Å². The van der Waals surface area contributed by atoms with E-state index in [9.17, 15) is 13.2 Å². The van der Waals surface area contributed by atoms with Gasteiger partial charge in [-0.15, -0.1) is 0 Å². The summed E-state index contributed by atoms with van der Waals surface area (Å²) in [5, 5.41) is 5.70. The molecule has 0 saturated heterocycles. The Morgan fingerprint density at radius 1 is 0.935 bits per heavy atom. The summed E-state index contributed by atoms with van der Waals surface area (Å²) in [5.74, 6) is 0.388. The SMILES string of the molecule is CCc1ccc(Nc2ncc(C(F)(F)F)c(Nc3ccc(OC(C)CC)cc3)n2)cc1. The first-order chi connectivity index (χ1) is 14.8. The molecule has 0 bridgehead atoms. The first-order valence-corrected chi connectivity index (χ1v) is 10.1. The quantitative estimate of drug-likeness (QED) is 0.415. The molecule has 0 amide bonds. The van der Waals surface area contributed by atoms with Gasteiger partial charge in [0.25, 0.3) is 0 Å². The lowest BCUT2D eigenvalue weighted by Gasteiger charge is -2.16. The standard InChI is InChI=1S/C23H25F3N4O/c1-4-15(3)31-19-12-10-17(11-13-19)28-21-20(23(24,25)26)14-27-22(30-21)29-18-8-6-16(5-2)7-9-18/h6-15H,4-5H2,1-3H3,(H2,27,28,29,30). The van der Waals surface area contributed by atoms with Crippen LogP contribution in [0, 0.1) is 0 Å². The van der Waals surface area contributed by atoms with Gasteiger partial charge >= 0.3 is 6.18 Å². The van der Waals surface area contributed by atoms with Crippen LogP contribution >= 0.6 is 0 Å². The van der Waals surface area contributed by atoms with Gasteiger partial charge in [-0.1, -0.05) is 26.0 Å². The van der Waals surface area contributed by atoms with E-state index in [1.165, 1.54) is 0 Å². The van der Waals surface area contributed by atoms with Crippen molar-refractivity contribution in [1.82, 2.24) is 9.97 Å². The third kappa shape index (κ3) is 6.10. The molecule has 0 aliphatic heterocycles. The maximum atomic E-state index is 13.5. The highest BCUT2D eigenvalue weighted by molar-refractivity contribution is 5.63. The van der Waals surface area contributed by atoms with Gasteiger partial charge in [0.15, 0.2) is 0 Å². The lowest BCUT2D eigenvalue weighted by molar-refractivity contribution is -0.137. The van der Waals surface area contributed by atoms with Crippen molar-refractivity contribution in [3.05, 3.63) is 65.9 Å². The Hall–Kier alpha value is -3.29. The van der Waals surface area contributed by atoms with E-state index in [1.807, 2.05) is 45.0 Å². The summed E-state index contributed by atoms with van der Waals surface area (Å²) >= 11 is 0. The number of hydrogen-bond acceptors (Lipinski definition) is 5. The van der Waals surface area contributed by atoms with E-state index in [-0.39, 0.29) is 17.9 Å². The normalized spacial score (nSPS) is 12.3. The second-order valence-electron chi connectivity index (χ2n) is 7.12. The molecule has 3 aromatic rings. The van der Waals surface area contributed by atoms with E-state index in [0.29, 0.717) is 17.1 Å². The summed E-state index contributed by atoms with van der Waals surface area (Å²) in [5.41, 5.74) is 1.36. The summed E-state index contributed by atoms with van der Waals surface area (Å²) in [6.07, 6.45) is -2.02. The van der Waals surface area contributed by atoms with Crippen LogP contribution in [0.5, 0.6) is 5.75 Å². The van der Waals surface area contributed by atoms with Crippen LogP contribution in [0.1, 0.15) is 38.3 Å². The number of rotatable bonds is 8. The molecule has 5 nitrogen and oxygen atoms in total. The molecule has 0 aliphatic rings. The minimum Gasteiger partial charge on any atom is -0.491 e. The Labute approximate surface area is 179 Å². The Morgan fingerprint density at radius 3 is 2.13 bits per heavy atom. The molecule has 0 aliphatic carbocycles. The van der Waals surface area contributed by atoms with Crippen molar-refractivity contribution in [2.75, 3.05) is 10.6 Å². The predicted octanol–water partition coefficient (Wildman–Crippen LogP) is 6.72. The molecule has 1 unspecified atom stereocenters. The molecule has 0 spiro atoms. The summed E-state index contributed by atoms with van der Waals surface area (Å²) in [6.45, 7) is 6.01. The molecule has 31 heavy (non-hydrogen) atoms. The summed E-state index contributed by atoms with van der Waals surface area (Å²) in [4.78, 5) is 7.91. The monoisotopic (exact) mass is 430 g/mol. The zero-order chi connectivity index (χ0) is 22.4. The summed E-state index contributed by atoms with van der Waals surface area (Å²) < 4.78 is 46.1. The Bertz CT molecular complexity index is 989. The second kappa shape index (κ2) is 9.68. The molecule has 1 aromatic heterocycles. The maximum absolute atomic E-state index is 13.5. The maximum Gasteiger partial charge on any atom is 0.421 e. The number of hydrogen-bond donors (Lipinski definition) is 2. The zero-order valence-electron chi connectivity index (χ0n) is 17.6. The topological polar surface area (TPSA) is 59.1 Å². The molecule has 3 rings (SSSR count). The van der Waals surface area contributed by atoms with Crippen LogP contribution in [-0.4, -0.2) is 16.1 Å². The molecule has 0 radical (unpaired) electrons. The highest BCUT2D eigenvalue weighted by Gasteiger charge is 2.35. The Morgan fingerprint density at radius 2 is 1.55 bits per heavy atom. The number of halogens is 3. The number of benzene rings is 2. The van der Waals surface area contributed by atoms with Crippen LogP contribution in [-0.2, 0) is 12.6 Å². The molecule has 1 atom stereocenters. The van der Waals surface area contributed by atoms with E-state index in [1.54, 1.807) is 24.3 Å². The fraction of sp³-hybridized carbons (Fsp3) is 0.304. The zero-order valence-corrected chi connectivity index (χ0v) is 17.6. The fourth-order valence-corrected chi connectivity index (χ4v) is 2.77. The van der Waals surface area contributed by atoms with Crippen molar-refractivity contribution in [3.63, 3.8) is 0 Å². The number of aryl methyl sites for hydroxylation is 1. The lowest BCUT2D eigenvalue weighted by Crippen LogP contribution is -2.13. The van der Waals surface area contributed by atoms with Crippen LogP contribution < -0.4 is 15.4 Å². The number of ether oxygens (including phenoxy) is 1. The van der Waals surface area contributed by atoms with Crippen molar-refractivity contribution >= 4 is 23.1 Å². The smallest absolute Gasteiger partial charge is 0.421 e. The second-order valence-corrected chi connectivity index (χ2v) is 7.12. The highest BCUT2D eigenvalue weighted by Crippen LogP contribution is 2.35. The molecule has 0 fully saturated rings. The van der Waals surface area contributed by atoms with Gasteiger partial charge in [0, 0.05) is 17.6 Å².